The van der Waals surface area contributed by atoms with E-state index in [1.807, 2.05) is 48.5 Å². The number of hydrogen-bond acceptors (Lipinski definition) is 3. The zero-order valence-electron chi connectivity index (χ0n) is 12.2. The molecule has 0 saturated heterocycles. The standard InChI is InChI=1S/C18H13Cl2N3/c19-10-12-5-6-17-15(9-12)18(14-3-1-2-4-16(14)20)22-11-13(23-17)7-8-21/h1-7,9,23H,10-11H2. The summed E-state index contributed by atoms with van der Waals surface area (Å²) in [5.41, 5.74) is 5.22. The van der Waals surface area contributed by atoms with Gasteiger partial charge in [0.1, 0.15) is 0 Å². The van der Waals surface area contributed by atoms with Crippen molar-refractivity contribution in [2.24, 2.45) is 4.99 Å². The van der Waals surface area contributed by atoms with Gasteiger partial charge in [-0.3, -0.25) is 4.99 Å². The van der Waals surface area contributed by atoms with Crippen molar-refractivity contribution < 1.29 is 0 Å². The Morgan fingerprint density at radius 3 is 2.78 bits per heavy atom. The van der Waals surface area contributed by atoms with Crippen molar-refractivity contribution in [3.8, 4) is 6.07 Å². The van der Waals surface area contributed by atoms with E-state index in [9.17, 15) is 0 Å². The van der Waals surface area contributed by atoms with Crippen LogP contribution in [0.15, 0.2) is 59.2 Å². The summed E-state index contributed by atoms with van der Waals surface area (Å²) in [5, 5.41) is 12.8. The van der Waals surface area contributed by atoms with E-state index in [1.54, 1.807) is 0 Å². The normalized spacial score (nSPS) is 15.2. The number of nitriles is 1. The topological polar surface area (TPSA) is 48.2 Å². The van der Waals surface area contributed by atoms with E-state index in [-0.39, 0.29) is 0 Å². The third-order valence-corrected chi connectivity index (χ3v) is 4.20. The third-order valence-electron chi connectivity index (χ3n) is 3.56. The lowest BCUT2D eigenvalue weighted by Gasteiger charge is -2.13. The molecule has 114 valence electrons. The average Bonchev–Trinajstić information content (AvgIpc) is 2.74. The third kappa shape index (κ3) is 3.24. The fourth-order valence-corrected chi connectivity index (χ4v) is 2.88. The van der Waals surface area contributed by atoms with Gasteiger partial charge in [0.05, 0.1) is 18.3 Å². The van der Waals surface area contributed by atoms with Crippen LogP contribution in [-0.2, 0) is 5.88 Å². The summed E-state index contributed by atoms with van der Waals surface area (Å²) in [4.78, 5) is 4.68. The van der Waals surface area contributed by atoms with E-state index < -0.39 is 0 Å². The molecule has 1 heterocycles. The summed E-state index contributed by atoms with van der Waals surface area (Å²) >= 11 is 12.3. The molecule has 5 heteroatoms. The van der Waals surface area contributed by atoms with Crippen molar-refractivity contribution in [1.82, 2.24) is 0 Å². The highest BCUT2D eigenvalue weighted by Gasteiger charge is 2.18. The van der Waals surface area contributed by atoms with Crippen molar-refractivity contribution in [2.45, 2.75) is 5.88 Å². The molecule has 1 aliphatic heterocycles. The minimum Gasteiger partial charge on any atom is -0.356 e. The zero-order valence-corrected chi connectivity index (χ0v) is 13.7. The molecule has 0 aromatic heterocycles. The number of halogens is 2. The largest absolute Gasteiger partial charge is 0.356 e. The number of benzodiazepines with no additional fused rings is 1. The van der Waals surface area contributed by atoms with Crippen molar-refractivity contribution in [2.75, 3.05) is 11.9 Å². The molecule has 1 aliphatic rings. The highest BCUT2D eigenvalue weighted by molar-refractivity contribution is 6.36. The molecule has 23 heavy (non-hydrogen) atoms. The Morgan fingerprint density at radius 2 is 2.04 bits per heavy atom. The van der Waals surface area contributed by atoms with Crippen molar-refractivity contribution in [3.05, 3.63) is 76.0 Å². The van der Waals surface area contributed by atoms with Crippen LogP contribution in [0, 0.1) is 11.3 Å². The number of benzene rings is 2. The van der Waals surface area contributed by atoms with E-state index in [4.69, 9.17) is 28.5 Å². The molecule has 2 aromatic carbocycles. The Hall–Kier alpha value is -2.28. The number of alkyl halides is 1. The molecule has 0 aliphatic carbocycles. The predicted molar refractivity (Wildman–Crippen MR) is 95.3 cm³/mol. The molecule has 0 saturated carbocycles. The summed E-state index contributed by atoms with van der Waals surface area (Å²) in [5.74, 6) is 0.421. The highest BCUT2D eigenvalue weighted by atomic mass is 35.5. The van der Waals surface area contributed by atoms with E-state index in [1.165, 1.54) is 6.08 Å². The summed E-state index contributed by atoms with van der Waals surface area (Å²) in [6.45, 7) is 0.388. The lowest BCUT2D eigenvalue weighted by atomic mass is 9.99. The Morgan fingerprint density at radius 1 is 1.22 bits per heavy atom. The van der Waals surface area contributed by atoms with Gasteiger partial charge in [0, 0.05) is 39.5 Å². The molecule has 1 N–H and O–H groups in total. The molecule has 0 bridgehead atoms. The van der Waals surface area contributed by atoms with Crippen LogP contribution >= 0.6 is 23.2 Å². The maximum Gasteiger partial charge on any atom is 0.0931 e. The lowest BCUT2D eigenvalue weighted by molar-refractivity contribution is 1.15. The molecule has 3 nitrogen and oxygen atoms in total. The number of rotatable bonds is 2. The number of nitrogens with one attached hydrogen (secondary N) is 1. The van der Waals surface area contributed by atoms with Crippen molar-refractivity contribution in [3.63, 3.8) is 0 Å². The Balaban J connectivity index is 2.21. The number of allylic oxidation sites excluding steroid dienone is 1. The highest BCUT2D eigenvalue weighted by Crippen LogP contribution is 2.29. The molecular weight excluding hydrogens is 329 g/mol. The maximum absolute atomic E-state index is 8.91. The summed E-state index contributed by atoms with van der Waals surface area (Å²) in [6, 6.07) is 15.6. The van der Waals surface area contributed by atoms with Crippen LogP contribution in [0.25, 0.3) is 0 Å². The predicted octanol–water partition coefficient (Wildman–Crippen LogP) is 4.75. The van der Waals surface area contributed by atoms with Gasteiger partial charge in [-0.05, 0) is 23.8 Å². The van der Waals surface area contributed by atoms with Crippen molar-refractivity contribution >= 4 is 34.6 Å². The Bertz CT molecular complexity index is 848. The molecule has 0 amide bonds. The second-order valence-electron chi connectivity index (χ2n) is 5.08. The first-order valence-corrected chi connectivity index (χ1v) is 7.98. The van der Waals surface area contributed by atoms with E-state index in [2.05, 4.69) is 10.3 Å². The molecular formula is C18H13Cl2N3. The average molecular weight is 342 g/mol. The van der Waals surface area contributed by atoms with Gasteiger partial charge in [-0.1, -0.05) is 35.9 Å². The molecule has 0 radical (unpaired) electrons. The first-order chi connectivity index (χ1) is 11.2. The summed E-state index contributed by atoms with van der Waals surface area (Å²) in [7, 11) is 0. The quantitative estimate of drug-likeness (QED) is 0.632. The van der Waals surface area contributed by atoms with Gasteiger partial charge in [0.2, 0.25) is 0 Å². The van der Waals surface area contributed by atoms with E-state index in [0.717, 1.165) is 33.8 Å². The van der Waals surface area contributed by atoms with E-state index >= 15 is 0 Å². The minimum absolute atomic E-state index is 0.388. The van der Waals surface area contributed by atoms with Crippen LogP contribution in [0.4, 0.5) is 5.69 Å². The van der Waals surface area contributed by atoms with Crippen LogP contribution in [0.2, 0.25) is 5.02 Å². The number of nitrogens with zero attached hydrogens (tertiary/aromatic N) is 2. The minimum atomic E-state index is 0.388. The number of aliphatic imine (C=N–C) groups is 1. The zero-order chi connectivity index (χ0) is 16.2. The Labute approximate surface area is 144 Å². The fraction of sp³-hybridized carbons (Fsp3) is 0.111. The second-order valence-corrected chi connectivity index (χ2v) is 5.76. The molecule has 0 fully saturated rings. The fourth-order valence-electron chi connectivity index (χ4n) is 2.48. The smallest absolute Gasteiger partial charge is 0.0931 e. The Kier molecular flexibility index (Phi) is 4.66. The van der Waals surface area contributed by atoms with Gasteiger partial charge in [0.15, 0.2) is 0 Å². The van der Waals surface area contributed by atoms with Gasteiger partial charge >= 0.3 is 0 Å². The van der Waals surface area contributed by atoms with Gasteiger partial charge in [-0.15, -0.1) is 11.6 Å². The van der Waals surface area contributed by atoms with Crippen LogP contribution in [0.1, 0.15) is 16.7 Å². The number of hydrogen-bond donors (Lipinski definition) is 1. The van der Waals surface area contributed by atoms with Crippen LogP contribution in [0.3, 0.4) is 0 Å². The van der Waals surface area contributed by atoms with Gasteiger partial charge in [-0.2, -0.15) is 5.26 Å². The van der Waals surface area contributed by atoms with E-state index in [0.29, 0.717) is 17.4 Å². The van der Waals surface area contributed by atoms with Crippen molar-refractivity contribution in [1.29, 1.82) is 5.26 Å². The summed E-state index contributed by atoms with van der Waals surface area (Å²) in [6.07, 6.45) is 1.47. The molecule has 0 unspecified atom stereocenters. The molecule has 0 atom stereocenters. The monoisotopic (exact) mass is 341 g/mol. The van der Waals surface area contributed by atoms with Gasteiger partial charge in [-0.25, -0.2) is 0 Å². The molecule has 2 aromatic rings. The second kappa shape index (κ2) is 6.87. The van der Waals surface area contributed by atoms with Crippen LogP contribution in [0.5, 0.6) is 0 Å². The number of anilines is 1. The lowest BCUT2D eigenvalue weighted by Crippen LogP contribution is -2.06. The SMILES string of the molecule is N#CC=C1CN=C(c2ccccc2Cl)c2cc(CCl)ccc2N1. The van der Waals surface area contributed by atoms with Gasteiger partial charge in [0.25, 0.3) is 0 Å². The first kappa shape index (κ1) is 15.6. The van der Waals surface area contributed by atoms with Crippen LogP contribution in [-0.4, -0.2) is 12.3 Å². The maximum atomic E-state index is 8.91. The molecule has 0 spiro atoms. The van der Waals surface area contributed by atoms with Crippen LogP contribution < -0.4 is 5.32 Å². The van der Waals surface area contributed by atoms with Gasteiger partial charge < -0.3 is 5.32 Å². The molecule has 3 rings (SSSR count). The first-order valence-electron chi connectivity index (χ1n) is 7.07. The number of fused-ring (bicyclic) bond motifs is 1. The summed E-state index contributed by atoms with van der Waals surface area (Å²) < 4.78 is 0.